The van der Waals surface area contributed by atoms with Crippen LogP contribution in [-0.2, 0) is 22.6 Å². The van der Waals surface area contributed by atoms with Crippen LogP contribution in [0.4, 0.5) is 0 Å². The number of nitrogens with one attached hydrogen (secondary N) is 1. The summed E-state index contributed by atoms with van der Waals surface area (Å²) in [6.45, 7) is 0.130. The number of nitrogens with two attached hydrogens (primary N) is 1. The third-order valence-electron chi connectivity index (χ3n) is 3.42. The van der Waals surface area contributed by atoms with Crippen molar-refractivity contribution in [3.05, 3.63) is 17.2 Å². The standard InChI is InChI=1S/C13H16N2O6S/c14-7(12(18)19)4-22-9-2-5-1-8(13(20)21)15-3-6(5)10(16)11(9)17/h2,7-8,15-17H,1,3-4,14H2,(H,18,19)(H,20,21)/t7-,8-/m0/s1. The molecule has 0 radical (unpaired) electrons. The molecule has 0 spiro atoms. The van der Waals surface area contributed by atoms with Gasteiger partial charge in [-0.2, -0.15) is 0 Å². The Morgan fingerprint density at radius 1 is 1.36 bits per heavy atom. The lowest BCUT2D eigenvalue weighted by atomic mass is 9.94. The Balaban J connectivity index is 2.26. The first-order valence-electron chi connectivity index (χ1n) is 6.45. The van der Waals surface area contributed by atoms with Gasteiger partial charge in [0.05, 0.1) is 4.90 Å². The van der Waals surface area contributed by atoms with Crippen LogP contribution in [0.5, 0.6) is 11.5 Å². The van der Waals surface area contributed by atoms with E-state index in [1.54, 1.807) is 6.07 Å². The fraction of sp³-hybridized carbons (Fsp3) is 0.385. The number of benzene rings is 1. The van der Waals surface area contributed by atoms with Gasteiger partial charge in [0.1, 0.15) is 12.1 Å². The van der Waals surface area contributed by atoms with E-state index in [-0.39, 0.29) is 35.1 Å². The Hall–Kier alpha value is -1.97. The topological polar surface area (TPSA) is 153 Å². The van der Waals surface area contributed by atoms with E-state index in [1.165, 1.54) is 0 Å². The van der Waals surface area contributed by atoms with Gasteiger partial charge >= 0.3 is 11.9 Å². The zero-order valence-electron chi connectivity index (χ0n) is 11.4. The SMILES string of the molecule is N[C@@H](CSc1cc2c(c(O)c1O)CN[C@H](C(=O)O)C2)C(=O)O. The van der Waals surface area contributed by atoms with Gasteiger partial charge in [0.15, 0.2) is 11.5 Å². The van der Waals surface area contributed by atoms with Gasteiger partial charge in [-0.3, -0.25) is 14.9 Å². The largest absolute Gasteiger partial charge is 0.504 e. The predicted molar refractivity (Wildman–Crippen MR) is 78.1 cm³/mol. The third-order valence-corrected chi connectivity index (χ3v) is 4.57. The van der Waals surface area contributed by atoms with Crippen LogP contribution < -0.4 is 11.1 Å². The van der Waals surface area contributed by atoms with Crippen molar-refractivity contribution in [3.63, 3.8) is 0 Å². The number of hydrogen-bond donors (Lipinski definition) is 6. The molecular formula is C13H16N2O6S. The average molecular weight is 328 g/mol. The highest BCUT2D eigenvalue weighted by Gasteiger charge is 2.28. The molecular weight excluding hydrogens is 312 g/mol. The quantitative estimate of drug-likeness (QED) is 0.316. The summed E-state index contributed by atoms with van der Waals surface area (Å²) in [6, 6.07) is -0.299. The number of fused-ring (bicyclic) bond motifs is 1. The van der Waals surface area contributed by atoms with Crippen molar-refractivity contribution >= 4 is 23.7 Å². The molecule has 0 bridgehead atoms. The maximum atomic E-state index is 11.0. The fourth-order valence-corrected chi connectivity index (χ4v) is 3.12. The van der Waals surface area contributed by atoms with Crippen molar-refractivity contribution in [2.75, 3.05) is 5.75 Å². The van der Waals surface area contributed by atoms with Gasteiger partial charge in [0, 0.05) is 17.9 Å². The summed E-state index contributed by atoms with van der Waals surface area (Å²) in [6.07, 6.45) is 0.164. The number of carboxylic acids is 2. The number of phenolic OH excluding ortho intramolecular Hbond substituents is 2. The van der Waals surface area contributed by atoms with Crippen LogP contribution in [0, 0.1) is 0 Å². The van der Waals surface area contributed by atoms with E-state index in [0.29, 0.717) is 11.1 Å². The van der Waals surface area contributed by atoms with E-state index in [4.69, 9.17) is 15.9 Å². The van der Waals surface area contributed by atoms with Crippen molar-refractivity contribution in [1.82, 2.24) is 5.32 Å². The second-order valence-corrected chi connectivity index (χ2v) is 6.00. The molecule has 8 nitrogen and oxygen atoms in total. The average Bonchev–Trinajstić information content (AvgIpc) is 2.48. The molecule has 1 aromatic carbocycles. The molecule has 1 heterocycles. The highest BCUT2D eigenvalue weighted by atomic mass is 32.2. The number of hydrogen-bond acceptors (Lipinski definition) is 7. The number of carboxylic acid groups (broad SMARTS) is 2. The van der Waals surface area contributed by atoms with E-state index in [9.17, 15) is 19.8 Å². The molecule has 7 N–H and O–H groups in total. The van der Waals surface area contributed by atoms with Gasteiger partial charge in [-0.15, -0.1) is 11.8 Å². The van der Waals surface area contributed by atoms with Gasteiger partial charge in [0.25, 0.3) is 0 Å². The van der Waals surface area contributed by atoms with Crippen molar-refractivity contribution in [2.45, 2.75) is 29.9 Å². The number of rotatable bonds is 5. The maximum Gasteiger partial charge on any atom is 0.321 e. The number of aliphatic carboxylic acids is 2. The van der Waals surface area contributed by atoms with Crippen LogP contribution in [0.15, 0.2) is 11.0 Å². The molecule has 2 atom stereocenters. The first kappa shape index (κ1) is 16.4. The molecule has 9 heteroatoms. The molecule has 1 aliphatic rings. The minimum Gasteiger partial charge on any atom is -0.504 e. The molecule has 1 aromatic rings. The highest BCUT2D eigenvalue weighted by Crippen LogP contribution is 2.42. The first-order valence-corrected chi connectivity index (χ1v) is 7.43. The summed E-state index contributed by atoms with van der Waals surface area (Å²) in [5, 5.41) is 40.5. The Labute approximate surface area is 129 Å². The van der Waals surface area contributed by atoms with Crippen molar-refractivity contribution in [2.24, 2.45) is 5.73 Å². The zero-order valence-corrected chi connectivity index (χ0v) is 12.3. The van der Waals surface area contributed by atoms with Crippen LogP contribution in [0.25, 0.3) is 0 Å². The molecule has 120 valence electrons. The van der Waals surface area contributed by atoms with Gasteiger partial charge < -0.3 is 26.2 Å². The zero-order chi connectivity index (χ0) is 16.4. The summed E-state index contributed by atoms with van der Waals surface area (Å²) >= 11 is 0.996. The molecule has 0 fully saturated rings. The molecule has 2 rings (SSSR count). The van der Waals surface area contributed by atoms with Crippen molar-refractivity contribution in [1.29, 1.82) is 0 Å². The molecule has 0 aromatic heterocycles. The third kappa shape index (κ3) is 3.26. The monoisotopic (exact) mass is 328 g/mol. The molecule has 22 heavy (non-hydrogen) atoms. The number of phenols is 2. The van der Waals surface area contributed by atoms with E-state index in [1.807, 2.05) is 0 Å². The van der Waals surface area contributed by atoms with Crippen LogP contribution in [0.2, 0.25) is 0 Å². The Morgan fingerprint density at radius 2 is 2.05 bits per heavy atom. The Morgan fingerprint density at radius 3 is 2.64 bits per heavy atom. The summed E-state index contributed by atoms with van der Waals surface area (Å²) in [4.78, 5) is 22.0. The second-order valence-electron chi connectivity index (χ2n) is 4.94. The Kier molecular flexibility index (Phi) is 4.79. The van der Waals surface area contributed by atoms with Gasteiger partial charge in [-0.05, 0) is 18.1 Å². The fourth-order valence-electron chi connectivity index (χ4n) is 2.16. The molecule has 0 unspecified atom stereocenters. The van der Waals surface area contributed by atoms with E-state index >= 15 is 0 Å². The summed E-state index contributed by atoms with van der Waals surface area (Å²) in [5.41, 5.74) is 6.45. The van der Waals surface area contributed by atoms with Crippen molar-refractivity contribution < 1.29 is 30.0 Å². The van der Waals surface area contributed by atoms with Crippen LogP contribution in [0.3, 0.4) is 0 Å². The van der Waals surface area contributed by atoms with Crippen molar-refractivity contribution in [3.8, 4) is 11.5 Å². The minimum atomic E-state index is -1.16. The number of thioether (sulfide) groups is 1. The molecule has 0 amide bonds. The molecule has 1 aliphatic heterocycles. The van der Waals surface area contributed by atoms with E-state index in [0.717, 1.165) is 11.8 Å². The Bertz CT molecular complexity index is 621. The molecule has 0 saturated carbocycles. The summed E-state index contributed by atoms with van der Waals surface area (Å²) in [7, 11) is 0. The van der Waals surface area contributed by atoms with Crippen LogP contribution in [0.1, 0.15) is 11.1 Å². The van der Waals surface area contributed by atoms with E-state index < -0.39 is 24.0 Å². The lowest BCUT2D eigenvalue weighted by molar-refractivity contribution is -0.140. The molecule has 0 saturated heterocycles. The van der Waals surface area contributed by atoms with Gasteiger partial charge in [0.2, 0.25) is 0 Å². The molecule has 0 aliphatic carbocycles. The van der Waals surface area contributed by atoms with Crippen LogP contribution in [-0.4, -0.2) is 50.2 Å². The summed E-state index contributed by atoms with van der Waals surface area (Å²) in [5.74, 6) is -2.82. The minimum absolute atomic E-state index is 0.0156. The predicted octanol–water partition coefficient (Wildman–Crippen LogP) is -0.299. The normalized spacial score (nSPS) is 18.5. The number of carbonyl (C=O) groups is 2. The lowest BCUT2D eigenvalue weighted by Gasteiger charge is -2.25. The smallest absolute Gasteiger partial charge is 0.321 e. The maximum absolute atomic E-state index is 11.0. The van der Waals surface area contributed by atoms with Gasteiger partial charge in [-0.1, -0.05) is 0 Å². The van der Waals surface area contributed by atoms with Crippen LogP contribution >= 0.6 is 11.8 Å². The first-order chi connectivity index (χ1) is 10.3. The lowest BCUT2D eigenvalue weighted by Crippen LogP contribution is -2.41. The highest BCUT2D eigenvalue weighted by molar-refractivity contribution is 7.99. The summed E-state index contributed by atoms with van der Waals surface area (Å²) < 4.78 is 0. The van der Waals surface area contributed by atoms with Gasteiger partial charge in [-0.25, -0.2) is 0 Å². The number of aromatic hydroxyl groups is 2. The van der Waals surface area contributed by atoms with E-state index in [2.05, 4.69) is 5.32 Å². The second kappa shape index (κ2) is 6.42.